The molecule has 1 atom stereocenters. The van der Waals surface area contributed by atoms with Crippen LogP contribution in [0.15, 0.2) is 30.3 Å². The van der Waals surface area contributed by atoms with Crippen molar-refractivity contribution >= 4 is 0 Å². The molecule has 118 valence electrons. The van der Waals surface area contributed by atoms with E-state index in [1.165, 1.54) is 5.56 Å². The van der Waals surface area contributed by atoms with Gasteiger partial charge in [-0.15, -0.1) is 0 Å². The van der Waals surface area contributed by atoms with Crippen LogP contribution in [-0.4, -0.2) is 43.3 Å². The molecule has 0 spiro atoms. The maximum Gasteiger partial charge on any atom is 0.0546 e. The maximum absolute atomic E-state index is 9.41. The molecule has 1 unspecified atom stereocenters. The molecule has 1 aliphatic carbocycles. The average molecular weight is 290 g/mol. The summed E-state index contributed by atoms with van der Waals surface area (Å²) in [5.41, 5.74) is 1.49. The minimum atomic E-state index is -0.0502. The number of aliphatic hydroxyl groups excluding tert-OH is 1. The van der Waals surface area contributed by atoms with E-state index in [1.54, 1.807) is 0 Å². The van der Waals surface area contributed by atoms with Crippen molar-refractivity contribution in [3.8, 4) is 0 Å². The van der Waals surface area contributed by atoms with Crippen LogP contribution in [0.2, 0.25) is 0 Å². The summed E-state index contributed by atoms with van der Waals surface area (Å²) in [5, 5.41) is 12.9. The van der Waals surface area contributed by atoms with Gasteiger partial charge in [0.25, 0.3) is 0 Å². The lowest BCUT2D eigenvalue weighted by molar-refractivity contribution is 0.0214. The number of aliphatic hydroxyl groups is 1. The number of hydrogen-bond donors (Lipinski definition) is 2. The highest BCUT2D eigenvalue weighted by molar-refractivity contribution is 5.21. The van der Waals surface area contributed by atoms with Crippen LogP contribution in [0.4, 0.5) is 0 Å². The molecule has 1 fully saturated rings. The summed E-state index contributed by atoms with van der Waals surface area (Å²) >= 11 is 0. The second-order valence-electron chi connectivity index (χ2n) is 7.31. The first-order valence-electron chi connectivity index (χ1n) is 8.01. The quantitative estimate of drug-likeness (QED) is 0.810. The Kier molecular flexibility index (Phi) is 5.42. The minimum absolute atomic E-state index is 0.0502. The van der Waals surface area contributed by atoms with Crippen LogP contribution in [-0.2, 0) is 0 Å². The van der Waals surface area contributed by atoms with Gasteiger partial charge in [-0.05, 0) is 43.8 Å². The van der Waals surface area contributed by atoms with Gasteiger partial charge in [0.05, 0.1) is 6.10 Å². The summed E-state index contributed by atoms with van der Waals surface area (Å²) in [4.78, 5) is 2.42. The Hall–Kier alpha value is -0.900. The molecule has 1 aliphatic rings. The van der Waals surface area contributed by atoms with Crippen molar-refractivity contribution in [2.24, 2.45) is 11.3 Å². The van der Waals surface area contributed by atoms with Gasteiger partial charge in [0.2, 0.25) is 0 Å². The molecule has 0 radical (unpaired) electrons. The first kappa shape index (κ1) is 16.5. The molecule has 2 rings (SSSR count). The van der Waals surface area contributed by atoms with E-state index in [0.29, 0.717) is 12.0 Å². The van der Waals surface area contributed by atoms with Gasteiger partial charge in [-0.2, -0.15) is 0 Å². The zero-order valence-electron chi connectivity index (χ0n) is 13.8. The molecule has 1 saturated carbocycles. The van der Waals surface area contributed by atoms with Crippen LogP contribution in [0.25, 0.3) is 0 Å². The van der Waals surface area contributed by atoms with Gasteiger partial charge < -0.3 is 15.3 Å². The highest BCUT2D eigenvalue weighted by Crippen LogP contribution is 2.35. The van der Waals surface area contributed by atoms with Gasteiger partial charge in [0.15, 0.2) is 0 Å². The molecule has 0 aromatic heterocycles. The van der Waals surface area contributed by atoms with E-state index in [4.69, 9.17) is 0 Å². The number of benzene rings is 1. The van der Waals surface area contributed by atoms with Gasteiger partial charge in [-0.3, -0.25) is 0 Å². The molecule has 0 saturated heterocycles. The first-order chi connectivity index (χ1) is 9.92. The van der Waals surface area contributed by atoms with E-state index in [2.05, 4.69) is 61.4 Å². The molecule has 0 heterocycles. The largest absolute Gasteiger partial charge is 0.393 e. The predicted molar refractivity (Wildman–Crippen MR) is 88.3 cm³/mol. The molecule has 3 nitrogen and oxygen atoms in total. The van der Waals surface area contributed by atoms with E-state index < -0.39 is 0 Å². The molecular weight excluding hydrogens is 260 g/mol. The summed E-state index contributed by atoms with van der Waals surface area (Å²) < 4.78 is 0. The fourth-order valence-electron chi connectivity index (χ4n) is 3.80. The smallest absolute Gasteiger partial charge is 0.0546 e. The van der Waals surface area contributed by atoms with Crippen molar-refractivity contribution in [3.05, 3.63) is 35.9 Å². The third-order valence-electron chi connectivity index (χ3n) is 4.66. The average Bonchev–Trinajstić information content (AvgIpc) is 2.38. The minimum Gasteiger partial charge on any atom is -0.393 e. The standard InChI is InChI=1S/C18H30N2O/c1-18(2,13-20(4)12-14-10-16(21)11-14)17(19-3)15-8-6-5-7-9-15/h5-9,14,16-17,19,21H,10-13H2,1-4H3. The Morgan fingerprint density at radius 1 is 1.29 bits per heavy atom. The topological polar surface area (TPSA) is 35.5 Å². The molecule has 1 aromatic rings. The van der Waals surface area contributed by atoms with Crippen molar-refractivity contribution in [2.75, 3.05) is 27.2 Å². The van der Waals surface area contributed by atoms with Crippen molar-refractivity contribution in [1.82, 2.24) is 10.2 Å². The van der Waals surface area contributed by atoms with Gasteiger partial charge in [0, 0.05) is 19.1 Å². The van der Waals surface area contributed by atoms with Gasteiger partial charge in [-0.25, -0.2) is 0 Å². The van der Waals surface area contributed by atoms with E-state index in [-0.39, 0.29) is 11.5 Å². The Labute approximate surface area is 129 Å². The van der Waals surface area contributed by atoms with Gasteiger partial charge in [-0.1, -0.05) is 44.2 Å². The predicted octanol–water partition coefficient (Wildman–Crippen LogP) is 2.68. The van der Waals surface area contributed by atoms with Crippen molar-refractivity contribution in [3.63, 3.8) is 0 Å². The number of nitrogens with one attached hydrogen (secondary N) is 1. The number of nitrogens with zero attached hydrogens (tertiary/aromatic N) is 1. The third kappa shape index (κ3) is 4.29. The Morgan fingerprint density at radius 3 is 2.43 bits per heavy atom. The summed E-state index contributed by atoms with van der Waals surface area (Å²) in [6.07, 6.45) is 1.89. The van der Waals surface area contributed by atoms with Gasteiger partial charge >= 0.3 is 0 Å². The molecule has 0 amide bonds. The molecule has 1 aromatic carbocycles. The van der Waals surface area contributed by atoms with E-state index >= 15 is 0 Å². The Bertz CT molecular complexity index is 426. The van der Waals surface area contributed by atoms with Crippen LogP contribution in [0, 0.1) is 11.3 Å². The van der Waals surface area contributed by atoms with Crippen molar-refractivity contribution < 1.29 is 5.11 Å². The molecule has 3 heteroatoms. The fourth-order valence-corrected chi connectivity index (χ4v) is 3.80. The molecule has 21 heavy (non-hydrogen) atoms. The van der Waals surface area contributed by atoms with E-state index in [1.807, 2.05) is 7.05 Å². The Morgan fingerprint density at radius 2 is 1.90 bits per heavy atom. The lowest BCUT2D eigenvalue weighted by atomic mass is 9.78. The normalized spacial score (nSPS) is 23.9. The van der Waals surface area contributed by atoms with E-state index in [9.17, 15) is 5.11 Å². The highest BCUT2D eigenvalue weighted by atomic mass is 16.3. The zero-order valence-corrected chi connectivity index (χ0v) is 13.8. The Balaban J connectivity index is 1.95. The monoisotopic (exact) mass is 290 g/mol. The first-order valence-corrected chi connectivity index (χ1v) is 8.01. The maximum atomic E-state index is 9.41. The van der Waals surface area contributed by atoms with Crippen molar-refractivity contribution in [1.29, 1.82) is 0 Å². The van der Waals surface area contributed by atoms with E-state index in [0.717, 1.165) is 25.9 Å². The summed E-state index contributed by atoms with van der Waals surface area (Å²) in [6, 6.07) is 11.0. The SMILES string of the molecule is CNC(c1ccccc1)C(C)(C)CN(C)CC1CC(O)C1. The summed E-state index contributed by atoms with van der Waals surface area (Å²) in [5.74, 6) is 0.672. The third-order valence-corrected chi connectivity index (χ3v) is 4.66. The lowest BCUT2D eigenvalue weighted by Crippen LogP contribution is -2.44. The zero-order chi connectivity index (χ0) is 15.5. The number of rotatable bonds is 7. The fraction of sp³-hybridized carbons (Fsp3) is 0.667. The van der Waals surface area contributed by atoms with Gasteiger partial charge in [0.1, 0.15) is 0 Å². The second kappa shape index (κ2) is 6.91. The van der Waals surface area contributed by atoms with Crippen LogP contribution >= 0.6 is 0 Å². The molecule has 2 N–H and O–H groups in total. The lowest BCUT2D eigenvalue weighted by Gasteiger charge is -2.40. The van der Waals surface area contributed by atoms with Crippen LogP contribution in [0.1, 0.15) is 38.3 Å². The van der Waals surface area contributed by atoms with Crippen LogP contribution in [0.5, 0.6) is 0 Å². The molecule has 0 aliphatic heterocycles. The molecular formula is C18H30N2O. The summed E-state index contributed by atoms with van der Waals surface area (Å²) in [7, 11) is 4.24. The second-order valence-corrected chi connectivity index (χ2v) is 7.31. The molecule has 0 bridgehead atoms. The highest BCUT2D eigenvalue weighted by Gasteiger charge is 2.33. The number of hydrogen-bond acceptors (Lipinski definition) is 3. The summed E-state index contributed by atoms with van der Waals surface area (Å²) in [6.45, 7) is 6.78. The van der Waals surface area contributed by atoms with Crippen LogP contribution in [0.3, 0.4) is 0 Å². The van der Waals surface area contributed by atoms with Crippen LogP contribution < -0.4 is 5.32 Å². The van der Waals surface area contributed by atoms with Crippen molar-refractivity contribution in [2.45, 2.75) is 38.8 Å².